The molecule has 1 heterocycles. The van der Waals surface area contributed by atoms with Gasteiger partial charge in [-0.1, -0.05) is 12.1 Å². The maximum atomic E-state index is 13.6. The minimum atomic E-state index is -0.854. The summed E-state index contributed by atoms with van der Waals surface area (Å²) in [5.74, 6) is -1.69. The first-order valence-electron chi connectivity index (χ1n) is 5.88. The highest BCUT2D eigenvalue weighted by Gasteiger charge is 2.58. The molecule has 1 unspecified atom stereocenters. The summed E-state index contributed by atoms with van der Waals surface area (Å²) in [6.07, 6.45) is 0.915. The van der Waals surface area contributed by atoms with E-state index in [0.29, 0.717) is 25.7 Å². The fourth-order valence-electron chi connectivity index (χ4n) is 2.72. The van der Waals surface area contributed by atoms with Gasteiger partial charge in [0.15, 0.2) is 11.6 Å². The van der Waals surface area contributed by atoms with Gasteiger partial charge in [-0.3, -0.25) is 0 Å². The number of rotatable bonds is 1. The van der Waals surface area contributed by atoms with Gasteiger partial charge in [0.05, 0.1) is 5.60 Å². The highest BCUT2D eigenvalue weighted by atomic mass is 19.2. The van der Waals surface area contributed by atoms with Gasteiger partial charge < -0.3 is 4.74 Å². The van der Waals surface area contributed by atoms with Crippen LogP contribution in [0.25, 0.3) is 0 Å². The van der Waals surface area contributed by atoms with Gasteiger partial charge in [0.1, 0.15) is 12.3 Å². The number of ether oxygens (including phenoxy) is 1. The second kappa shape index (κ2) is 3.73. The van der Waals surface area contributed by atoms with Crippen LogP contribution in [0.3, 0.4) is 0 Å². The van der Waals surface area contributed by atoms with Crippen molar-refractivity contribution in [3.63, 3.8) is 0 Å². The number of hydrogen-bond donors (Lipinski definition) is 0. The minimum Gasteiger partial charge on any atom is -0.361 e. The van der Waals surface area contributed by atoms with Gasteiger partial charge in [-0.25, -0.2) is 13.2 Å². The molecule has 1 aliphatic carbocycles. The van der Waals surface area contributed by atoms with Crippen LogP contribution >= 0.6 is 0 Å². The number of benzene rings is 1. The van der Waals surface area contributed by atoms with Crippen molar-refractivity contribution in [1.29, 1.82) is 0 Å². The van der Waals surface area contributed by atoms with Crippen LogP contribution in [-0.2, 0) is 4.74 Å². The molecule has 2 aliphatic rings. The van der Waals surface area contributed by atoms with Crippen molar-refractivity contribution in [3.05, 3.63) is 35.4 Å². The van der Waals surface area contributed by atoms with E-state index in [2.05, 4.69) is 0 Å². The van der Waals surface area contributed by atoms with Crippen molar-refractivity contribution in [2.75, 3.05) is 0 Å². The standard InChI is InChI=1S/C13H13F3O/c14-8-4-6-13(7-5-8)12(17-13)9-2-1-3-10(15)11(9)16/h1-3,8,12H,4-7H2. The second-order valence-electron chi connectivity index (χ2n) is 4.88. The number of hydrogen-bond acceptors (Lipinski definition) is 1. The summed E-state index contributed by atoms with van der Waals surface area (Å²) in [5.41, 5.74) is -0.167. The van der Waals surface area contributed by atoms with E-state index in [1.165, 1.54) is 6.07 Å². The minimum absolute atomic E-state index is 0.266. The SMILES string of the molecule is Fc1cccc(C2OC23CCC(F)CC3)c1F. The lowest BCUT2D eigenvalue weighted by Gasteiger charge is -2.21. The molecule has 0 amide bonds. The van der Waals surface area contributed by atoms with Crippen molar-refractivity contribution in [3.8, 4) is 0 Å². The van der Waals surface area contributed by atoms with Crippen molar-refractivity contribution < 1.29 is 17.9 Å². The molecule has 1 nitrogen and oxygen atoms in total. The molecule has 0 radical (unpaired) electrons. The topological polar surface area (TPSA) is 12.5 Å². The van der Waals surface area contributed by atoms with Crippen LogP contribution in [0.15, 0.2) is 18.2 Å². The zero-order chi connectivity index (χ0) is 12.0. The van der Waals surface area contributed by atoms with Crippen molar-refractivity contribution in [2.45, 2.75) is 43.6 Å². The van der Waals surface area contributed by atoms with Crippen LogP contribution < -0.4 is 0 Å². The first-order chi connectivity index (χ1) is 8.12. The molecule has 2 fully saturated rings. The third-order valence-corrected chi connectivity index (χ3v) is 3.80. The van der Waals surface area contributed by atoms with E-state index >= 15 is 0 Å². The molecule has 1 saturated carbocycles. The Morgan fingerprint density at radius 3 is 2.59 bits per heavy atom. The molecular weight excluding hydrogens is 229 g/mol. The normalized spacial score (nSPS) is 36.2. The predicted molar refractivity (Wildman–Crippen MR) is 56.3 cm³/mol. The molecule has 0 N–H and O–H groups in total. The number of alkyl halides is 1. The van der Waals surface area contributed by atoms with E-state index in [4.69, 9.17) is 4.74 Å². The monoisotopic (exact) mass is 242 g/mol. The summed E-state index contributed by atoms with van der Waals surface area (Å²) in [5, 5.41) is 0. The van der Waals surface area contributed by atoms with Gasteiger partial charge in [0.2, 0.25) is 0 Å². The third-order valence-electron chi connectivity index (χ3n) is 3.80. The van der Waals surface area contributed by atoms with Crippen LogP contribution in [0.5, 0.6) is 0 Å². The molecular formula is C13H13F3O. The first kappa shape index (κ1) is 11.1. The average Bonchev–Trinajstić information content (AvgIpc) is 3.01. The smallest absolute Gasteiger partial charge is 0.164 e. The van der Waals surface area contributed by atoms with Crippen LogP contribution in [0.1, 0.15) is 37.4 Å². The molecule has 4 heteroatoms. The number of halogens is 3. The van der Waals surface area contributed by atoms with E-state index in [0.717, 1.165) is 6.07 Å². The van der Waals surface area contributed by atoms with E-state index in [1.807, 2.05) is 0 Å². The average molecular weight is 242 g/mol. The van der Waals surface area contributed by atoms with E-state index in [9.17, 15) is 13.2 Å². The molecule has 1 aliphatic heterocycles. The predicted octanol–water partition coefficient (Wildman–Crippen LogP) is 3.69. The molecule has 1 atom stereocenters. The Labute approximate surface area is 97.6 Å². The first-order valence-corrected chi connectivity index (χ1v) is 5.88. The van der Waals surface area contributed by atoms with Gasteiger partial charge in [-0.15, -0.1) is 0 Å². The Morgan fingerprint density at radius 2 is 1.88 bits per heavy atom. The van der Waals surface area contributed by atoms with Crippen molar-refractivity contribution >= 4 is 0 Å². The lowest BCUT2D eigenvalue weighted by Crippen LogP contribution is -2.23. The second-order valence-corrected chi connectivity index (χ2v) is 4.88. The van der Waals surface area contributed by atoms with Crippen LogP contribution in [0, 0.1) is 11.6 Å². The zero-order valence-electron chi connectivity index (χ0n) is 9.26. The Bertz CT molecular complexity index is 438. The number of epoxide rings is 1. The largest absolute Gasteiger partial charge is 0.361 e. The van der Waals surface area contributed by atoms with Gasteiger partial charge in [-0.05, 0) is 31.7 Å². The summed E-state index contributed by atoms with van der Waals surface area (Å²) in [7, 11) is 0. The fraction of sp³-hybridized carbons (Fsp3) is 0.538. The van der Waals surface area contributed by atoms with Crippen LogP contribution in [0.2, 0.25) is 0 Å². The highest BCUT2D eigenvalue weighted by molar-refractivity contribution is 5.29. The molecule has 1 spiro atoms. The summed E-state index contributed by atoms with van der Waals surface area (Å²) in [6.45, 7) is 0. The van der Waals surface area contributed by atoms with Crippen molar-refractivity contribution in [2.24, 2.45) is 0 Å². The Hall–Kier alpha value is -1.03. The van der Waals surface area contributed by atoms with Gasteiger partial charge in [-0.2, -0.15) is 0 Å². The molecule has 0 bridgehead atoms. The lowest BCUT2D eigenvalue weighted by molar-refractivity contribution is 0.164. The molecule has 17 heavy (non-hydrogen) atoms. The summed E-state index contributed by atoms with van der Waals surface area (Å²) in [4.78, 5) is 0. The quantitative estimate of drug-likeness (QED) is 0.684. The Balaban J connectivity index is 1.82. The summed E-state index contributed by atoms with van der Waals surface area (Å²) in [6, 6.07) is 4.11. The van der Waals surface area contributed by atoms with E-state index < -0.39 is 29.5 Å². The van der Waals surface area contributed by atoms with E-state index in [1.54, 1.807) is 6.07 Å². The van der Waals surface area contributed by atoms with Gasteiger partial charge >= 0.3 is 0 Å². The highest BCUT2D eigenvalue weighted by Crippen LogP contribution is 2.58. The Kier molecular flexibility index (Phi) is 2.43. The van der Waals surface area contributed by atoms with Crippen LogP contribution in [-0.4, -0.2) is 11.8 Å². The lowest BCUT2D eigenvalue weighted by atomic mass is 9.83. The zero-order valence-corrected chi connectivity index (χ0v) is 9.26. The molecule has 3 rings (SSSR count). The molecule has 1 aromatic rings. The summed E-state index contributed by atoms with van der Waals surface area (Å²) >= 11 is 0. The third kappa shape index (κ3) is 1.75. The molecule has 92 valence electrons. The Morgan fingerprint density at radius 1 is 1.18 bits per heavy atom. The summed E-state index contributed by atoms with van der Waals surface area (Å²) < 4.78 is 45.3. The molecule has 1 saturated heterocycles. The van der Waals surface area contributed by atoms with Crippen molar-refractivity contribution in [1.82, 2.24) is 0 Å². The maximum absolute atomic E-state index is 13.6. The van der Waals surface area contributed by atoms with Gasteiger partial charge in [0, 0.05) is 5.56 Å². The van der Waals surface area contributed by atoms with E-state index in [-0.39, 0.29) is 5.56 Å². The fourth-order valence-corrected chi connectivity index (χ4v) is 2.72. The van der Waals surface area contributed by atoms with Crippen LogP contribution in [0.4, 0.5) is 13.2 Å². The maximum Gasteiger partial charge on any atom is 0.164 e. The molecule has 0 aromatic heterocycles. The van der Waals surface area contributed by atoms with Gasteiger partial charge in [0.25, 0.3) is 0 Å². The molecule has 1 aromatic carbocycles.